The Bertz CT molecular complexity index is 1090. The van der Waals surface area contributed by atoms with E-state index >= 15 is 0 Å². The highest BCUT2D eigenvalue weighted by atomic mass is 16.3. The highest BCUT2D eigenvalue weighted by Crippen LogP contribution is 2.25. The van der Waals surface area contributed by atoms with Crippen molar-refractivity contribution >= 4 is 23.2 Å². The zero-order chi connectivity index (χ0) is 21.5. The van der Waals surface area contributed by atoms with Crippen molar-refractivity contribution in [2.24, 2.45) is 5.92 Å². The average molecular weight is 401 g/mol. The van der Waals surface area contributed by atoms with Crippen LogP contribution in [-0.4, -0.2) is 27.6 Å². The van der Waals surface area contributed by atoms with Crippen molar-refractivity contribution in [1.82, 2.24) is 9.97 Å². The van der Waals surface area contributed by atoms with E-state index in [2.05, 4.69) is 26.7 Å². The molecule has 7 heteroatoms. The van der Waals surface area contributed by atoms with E-state index in [1.54, 1.807) is 38.2 Å². The van der Waals surface area contributed by atoms with E-state index < -0.39 is 0 Å². The third kappa shape index (κ3) is 5.19. The molecule has 3 aromatic rings. The first-order chi connectivity index (χ1) is 14.5. The summed E-state index contributed by atoms with van der Waals surface area (Å²) >= 11 is 0. The van der Waals surface area contributed by atoms with E-state index in [4.69, 9.17) is 5.11 Å². The first kappa shape index (κ1) is 21.0. The number of carbonyl (C=O) groups excluding carboxylic acids is 1. The number of hydrogen-bond donors (Lipinski definition) is 3. The number of nitriles is 1. The fraction of sp³-hybridized carbons (Fsp3) is 0.217. The number of nitrogens with one attached hydrogen (secondary N) is 2. The Labute approximate surface area is 175 Å². The van der Waals surface area contributed by atoms with Crippen LogP contribution in [0.5, 0.6) is 0 Å². The molecule has 0 bridgehead atoms. The van der Waals surface area contributed by atoms with Gasteiger partial charge in [-0.15, -0.1) is 0 Å². The summed E-state index contributed by atoms with van der Waals surface area (Å²) in [6, 6.07) is 16.8. The van der Waals surface area contributed by atoms with Gasteiger partial charge in [0.2, 0.25) is 11.9 Å². The number of benzene rings is 2. The van der Waals surface area contributed by atoms with Gasteiger partial charge in [0.05, 0.1) is 16.9 Å². The van der Waals surface area contributed by atoms with Gasteiger partial charge >= 0.3 is 0 Å². The maximum Gasteiger partial charge on any atom is 0.227 e. The second-order valence-electron chi connectivity index (χ2n) is 7.08. The Morgan fingerprint density at radius 2 is 2.03 bits per heavy atom. The van der Waals surface area contributed by atoms with Gasteiger partial charge in [-0.25, -0.2) is 9.97 Å². The van der Waals surface area contributed by atoms with Gasteiger partial charge in [0.25, 0.3) is 0 Å². The Hall–Kier alpha value is -3.76. The van der Waals surface area contributed by atoms with Crippen LogP contribution in [0, 0.1) is 17.2 Å². The molecule has 0 atom stereocenters. The summed E-state index contributed by atoms with van der Waals surface area (Å²) < 4.78 is 0. The Morgan fingerprint density at radius 3 is 2.77 bits per heavy atom. The number of nitrogens with zero attached hydrogens (tertiary/aromatic N) is 3. The van der Waals surface area contributed by atoms with E-state index in [9.17, 15) is 10.1 Å². The lowest BCUT2D eigenvalue weighted by molar-refractivity contribution is -0.118. The summed E-state index contributed by atoms with van der Waals surface area (Å²) in [5, 5.41) is 24.5. The molecular weight excluding hydrogens is 378 g/mol. The smallest absolute Gasteiger partial charge is 0.227 e. The molecule has 3 N–H and O–H groups in total. The minimum Gasteiger partial charge on any atom is -0.396 e. The molecule has 1 heterocycles. The number of carbonyl (C=O) groups is 1. The van der Waals surface area contributed by atoms with E-state index in [0.29, 0.717) is 29.3 Å². The Morgan fingerprint density at radius 1 is 1.20 bits per heavy atom. The van der Waals surface area contributed by atoms with Crippen LogP contribution in [0.3, 0.4) is 0 Å². The van der Waals surface area contributed by atoms with Crippen LogP contribution in [0.25, 0.3) is 11.3 Å². The highest BCUT2D eigenvalue weighted by molar-refractivity contribution is 5.93. The fourth-order valence-electron chi connectivity index (χ4n) is 2.82. The van der Waals surface area contributed by atoms with Crippen LogP contribution in [-0.2, 0) is 11.2 Å². The van der Waals surface area contributed by atoms with Crippen LogP contribution in [0.15, 0.2) is 54.7 Å². The first-order valence-electron chi connectivity index (χ1n) is 9.65. The van der Waals surface area contributed by atoms with Crippen LogP contribution < -0.4 is 10.6 Å². The molecule has 1 amide bonds. The summed E-state index contributed by atoms with van der Waals surface area (Å²) in [6.07, 6.45) is 2.22. The van der Waals surface area contributed by atoms with Crippen LogP contribution in [0.4, 0.5) is 17.3 Å². The highest BCUT2D eigenvalue weighted by Gasteiger charge is 2.12. The summed E-state index contributed by atoms with van der Waals surface area (Å²) in [4.78, 5) is 20.8. The average Bonchev–Trinajstić information content (AvgIpc) is 2.74. The summed E-state index contributed by atoms with van der Waals surface area (Å²) in [7, 11) is 0. The van der Waals surface area contributed by atoms with Crippen LogP contribution >= 0.6 is 0 Å². The second kappa shape index (κ2) is 9.63. The van der Waals surface area contributed by atoms with Gasteiger partial charge in [-0.3, -0.25) is 4.79 Å². The number of aliphatic hydroxyl groups is 1. The van der Waals surface area contributed by atoms with Crippen molar-refractivity contribution in [3.05, 3.63) is 65.9 Å². The molecular formula is C23H23N5O2. The topological polar surface area (TPSA) is 111 Å². The van der Waals surface area contributed by atoms with Crippen LogP contribution in [0.1, 0.15) is 25.0 Å². The van der Waals surface area contributed by atoms with E-state index in [0.717, 1.165) is 16.8 Å². The first-order valence-corrected chi connectivity index (χ1v) is 9.65. The lowest BCUT2D eigenvalue weighted by Crippen LogP contribution is -2.18. The number of aromatic nitrogens is 2. The van der Waals surface area contributed by atoms with Gasteiger partial charge in [0.15, 0.2) is 0 Å². The maximum atomic E-state index is 12.0. The van der Waals surface area contributed by atoms with Gasteiger partial charge in [-0.2, -0.15) is 5.26 Å². The van der Waals surface area contributed by atoms with Crippen molar-refractivity contribution < 1.29 is 9.90 Å². The predicted molar refractivity (Wildman–Crippen MR) is 116 cm³/mol. The van der Waals surface area contributed by atoms with Gasteiger partial charge in [0.1, 0.15) is 6.07 Å². The van der Waals surface area contributed by atoms with Crippen LogP contribution in [0.2, 0.25) is 0 Å². The molecule has 1 aromatic heterocycles. The normalized spacial score (nSPS) is 10.5. The van der Waals surface area contributed by atoms with Gasteiger partial charge in [-0.05, 0) is 42.3 Å². The fourth-order valence-corrected chi connectivity index (χ4v) is 2.82. The lowest BCUT2D eigenvalue weighted by Gasteiger charge is -2.11. The SMILES string of the molecule is CC(C)C(=O)Nc1ccc(-c2ccnc(Nc3cccc(CCO)c3)n2)cc1C#N. The molecule has 0 aliphatic carbocycles. The molecule has 30 heavy (non-hydrogen) atoms. The Balaban J connectivity index is 1.84. The molecule has 3 rings (SSSR count). The van der Waals surface area contributed by atoms with Crippen molar-refractivity contribution in [3.8, 4) is 17.3 Å². The zero-order valence-electron chi connectivity index (χ0n) is 16.9. The largest absolute Gasteiger partial charge is 0.396 e. The predicted octanol–water partition coefficient (Wildman–Crippen LogP) is 3.89. The number of rotatable bonds is 7. The quantitative estimate of drug-likeness (QED) is 0.554. The minimum atomic E-state index is -0.178. The minimum absolute atomic E-state index is 0.0876. The summed E-state index contributed by atoms with van der Waals surface area (Å²) in [5.41, 5.74) is 4.07. The molecule has 0 fully saturated rings. The number of aliphatic hydroxyl groups excluding tert-OH is 1. The van der Waals surface area contributed by atoms with E-state index in [-0.39, 0.29) is 18.4 Å². The Kier molecular flexibility index (Phi) is 6.73. The van der Waals surface area contributed by atoms with Gasteiger partial charge in [0, 0.05) is 30.0 Å². The molecule has 152 valence electrons. The number of amides is 1. The van der Waals surface area contributed by atoms with E-state index in [1.165, 1.54) is 0 Å². The van der Waals surface area contributed by atoms with Crippen molar-refractivity contribution in [1.29, 1.82) is 5.26 Å². The van der Waals surface area contributed by atoms with E-state index in [1.807, 2.05) is 30.3 Å². The molecule has 0 aliphatic heterocycles. The molecule has 7 nitrogen and oxygen atoms in total. The molecule has 0 saturated heterocycles. The van der Waals surface area contributed by atoms with Crippen molar-refractivity contribution in [2.75, 3.05) is 17.2 Å². The van der Waals surface area contributed by atoms with Gasteiger partial charge < -0.3 is 15.7 Å². The third-order valence-corrected chi connectivity index (χ3v) is 4.46. The molecule has 0 unspecified atom stereocenters. The monoisotopic (exact) mass is 401 g/mol. The molecule has 0 saturated carbocycles. The molecule has 0 radical (unpaired) electrons. The molecule has 0 aliphatic rings. The molecule has 0 spiro atoms. The third-order valence-electron chi connectivity index (χ3n) is 4.46. The second-order valence-corrected chi connectivity index (χ2v) is 7.08. The molecule has 2 aromatic carbocycles. The maximum absolute atomic E-state index is 12.0. The van der Waals surface area contributed by atoms with Gasteiger partial charge in [-0.1, -0.05) is 32.0 Å². The zero-order valence-corrected chi connectivity index (χ0v) is 16.9. The summed E-state index contributed by atoms with van der Waals surface area (Å²) in [6.45, 7) is 3.68. The lowest BCUT2D eigenvalue weighted by atomic mass is 10.1. The summed E-state index contributed by atoms with van der Waals surface area (Å²) in [5.74, 6) is 0.100. The van der Waals surface area contributed by atoms with Crippen molar-refractivity contribution in [2.45, 2.75) is 20.3 Å². The number of hydrogen-bond acceptors (Lipinski definition) is 6. The number of anilines is 3. The van der Waals surface area contributed by atoms with Crippen molar-refractivity contribution in [3.63, 3.8) is 0 Å². The standard InChI is InChI=1S/C23H23N5O2/c1-15(2)22(30)27-20-7-6-17(13-18(20)14-24)21-8-10-25-23(28-21)26-19-5-3-4-16(12-19)9-11-29/h3-8,10,12-13,15,29H,9,11H2,1-2H3,(H,27,30)(H,25,26,28).